The number of hydrogen-bond acceptors (Lipinski definition) is 6. The van der Waals surface area contributed by atoms with Gasteiger partial charge in [-0.3, -0.25) is 9.48 Å². The van der Waals surface area contributed by atoms with Gasteiger partial charge in [0.2, 0.25) is 11.9 Å². The molecule has 2 aromatic rings. The third kappa shape index (κ3) is 4.27. The number of amides is 1. The molecule has 0 spiro atoms. The zero-order valence-electron chi connectivity index (χ0n) is 13.9. The van der Waals surface area contributed by atoms with Crippen LogP contribution in [0.2, 0.25) is 5.02 Å². The lowest BCUT2D eigenvalue weighted by atomic mass is 10.1. The second kappa shape index (κ2) is 7.52. The summed E-state index contributed by atoms with van der Waals surface area (Å²) in [5.74, 6) is 1.33. The molecule has 0 radical (unpaired) electrons. The van der Waals surface area contributed by atoms with Gasteiger partial charge in [0.05, 0.1) is 18.1 Å². The summed E-state index contributed by atoms with van der Waals surface area (Å²) >= 11 is 6.18. The van der Waals surface area contributed by atoms with Gasteiger partial charge in [-0.2, -0.15) is 10.1 Å². The highest BCUT2D eigenvalue weighted by atomic mass is 35.5. The summed E-state index contributed by atoms with van der Waals surface area (Å²) in [6.07, 6.45) is 7.37. The van der Waals surface area contributed by atoms with E-state index in [-0.39, 0.29) is 5.91 Å². The van der Waals surface area contributed by atoms with Gasteiger partial charge in [0.1, 0.15) is 5.02 Å². The molecule has 0 aromatic carbocycles. The average molecular weight is 362 g/mol. The molecule has 9 heteroatoms. The van der Waals surface area contributed by atoms with Crippen molar-refractivity contribution < 1.29 is 4.79 Å². The molecule has 0 unspecified atom stereocenters. The van der Waals surface area contributed by atoms with Crippen molar-refractivity contribution in [2.45, 2.75) is 6.42 Å². The smallest absolute Gasteiger partial charge is 0.245 e. The van der Waals surface area contributed by atoms with Crippen LogP contribution in [0.1, 0.15) is 6.42 Å². The lowest BCUT2D eigenvalue weighted by molar-refractivity contribution is -0.125. The summed E-state index contributed by atoms with van der Waals surface area (Å²) in [6, 6.07) is 0. The van der Waals surface area contributed by atoms with Crippen LogP contribution in [0.4, 0.5) is 17.5 Å². The molecule has 1 saturated heterocycles. The molecule has 0 aliphatic carbocycles. The molecule has 1 aliphatic rings. The Morgan fingerprint density at radius 2 is 2.36 bits per heavy atom. The number of nitrogens with zero attached hydrogens (tertiary/aromatic N) is 5. The van der Waals surface area contributed by atoms with Crippen molar-refractivity contribution in [3.63, 3.8) is 0 Å². The van der Waals surface area contributed by atoms with E-state index >= 15 is 0 Å². The van der Waals surface area contributed by atoms with Gasteiger partial charge in [0.15, 0.2) is 5.82 Å². The third-order valence-electron chi connectivity index (χ3n) is 4.04. The second-order valence-corrected chi connectivity index (χ2v) is 6.35. The number of carbonyl (C=O) groups is 1. The van der Waals surface area contributed by atoms with Crippen molar-refractivity contribution in [2.75, 3.05) is 30.3 Å². The fraction of sp³-hybridized carbons (Fsp3) is 0.375. The fourth-order valence-corrected chi connectivity index (χ4v) is 2.89. The number of hydrogen-bond donors (Lipinski definition) is 2. The number of rotatable bonds is 6. The summed E-state index contributed by atoms with van der Waals surface area (Å²) in [4.78, 5) is 22.0. The number of anilines is 3. The second-order valence-electron chi connectivity index (χ2n) is 5.94. The predicted molar refractivity (Wildman–Crippen MR) is 96.9 cm³/mol. The van der Waals surface area contributed by atoms with Gasteiger partial charge in [-0.1, -0.05) is 18.2 Å². The Bertz CT molecular complexity index is 776. The standard InChI is InChI=1S/C16H20ClN7O/c1-3-14(25)24-5-4-11(9-24)6-18-15-13(17)8-19-16(22-15)21-12-7-20-23(2)10-12/h3,7-8,10-11H,1,4-6,9H2,2H3,(H2,18,19,21,22)/t11-/m1/s1. The number of aryl methyl sites for hydroxylation is 1. The molecule has 3 rings (SSSR count). The molecule has 3 heterocycles. The Labute approximate surface area is 150 Å². The first-order chi connectivity index (χ1) is 12.0. The molecule has 1 atom stereocenters. The Morgan fingerprint density at radius 1 is 1.52 bits per heavy atom. The highest BCUT2D eigenvalue weighted by molar-refractivity contribution is 6.32. The van der Waals surface area contributed by atoms with Crippen LogP contribution in [0.25, 0.3) is 0 Å². The molecular formula is C16H20ClN7O. The first kappa shape index (κ1) is 17.2. The highest BCUT2D eigenvalue weighted by Crippen LogP contribution is 2.23. The van der Waals surface area contributed by atoms with E-state index < -0.39 is 0 Å². The largest absolute Gasteiger partial charge is 0.368 e. The van der Waals surface area contributed by atoms with Gasteiger partial charge in [0, 0.05) is 32.9 Å². The van der Waals surface area contributed by atoms with Crippen LogP contribution in [-0.4, -0.2) is 50.2 Å². The van der Waals surface area contributed by atoms with E-state index in [2.05, 4.69) is 32.3 Å². The zero-order chi connectivity index (χ0) is 17.8. The van der Waals surface area contributed by atoms with Crippen LogP contribution in [0.5, 0.6) is 0 Å². The van der Waals surface area contributed by atoms with Crippen molar-refractivity contribution in [3.8, 4) is 0 Å². The lowest BCUT2D eigenvalue weighted by Gasteiger charge is -2.15. The normalized spacial score (nSPS) is 16.7. The Morgan fingerprint density at radius 3 is 3.08 bits per heavy atom. The van der Waals surface area contributed by atoms with Crippen LogP contribution < -0.4 is 10.6 Å². The minimum atomic E-state index is -0.0227. The van der Waals surface area contributed by atoms with Crippen LogP contribution in [-0.2, 0) is 11.8 Å². The first-order valence-corrected chi connectivity index (χ1v) is 8.36. The molecule has 1 amide bonds. The van der Waals surface area contributed by atoms with E-state index in [4.69, 9.17) is 11.6 Å². The molecule has 1 fully saturated rings. The highest BCUT2D eigenvalue weighted by Gasteiger charge is 2.24. The van der Waals surface area contributed by atoms with Gasteiger partial charge in [-0.25, -0.2) is 4.98 Å². The predicted octanol–water partition coefficient (Wildman–Crippen LogP) is 2.05. The number of nitrogens with one attached hydrogen (secondary N) is 2. The van der Waals surface area contributed by atoms with E-state index in [0.29, 0.717) is 35.8 Å². The molecule has 25 heavy (non-hydrogen) atoms. The number of likely N-dealkylation sites (tertiary alicyclic amines) is 1. The monoisotopic (exact) mass is 361 g/mol. The van der Waals surface area contributed by atoms with E-state index in [1.807, 2.05) is 13.2 Å². The van der Waals surface area contributed by atoms with Gasteiger partial charge in [-0.05, 0) is 18.4 Å². The zero-order valence-corrected chi connectivity index (χ0v) is 14.7. The van der Waals surface area contributed by atoms with Crippen molar-refractivity contribution in [1.29, 1.82) is 0 Å². The average Bonchev–Trinajstić information content (AvgIpc) is 3.23. The van der Waals surface area contributed by atoms with Crippen molar-refractivity contribution >= 4 is 35.0 Å². The van der Waals surface area contributed by atoms with Crippen LogP contribution in [0.15, 0.2) is 31.2 Å². The topological polar surface area (TPSA) is 88.0 Å². The minimum Gasteiger partial charge on any atom is -0.368 e. The molecular weight excluding hydrogens is 342 g/mol. The first-order valence-electron chi connectivity index (χ1n) is 7.98. The van der Waals surface area contributed by atoms with E-state index in [1.54, 1.807) is 22.0 Å². The number of carbonyl (C=O) groups excluding carboxylic acids is 1. The molecule has 132 valence electrons. The van der Waals surface area contributed by atoms with E-state index in [1.165, 1.54) is 6.08 Å². The number of halogens is 1. The summed E-state index contributed by atoms with van der Waals surface area (Å²) in [5.41, 5.74) is 0.796. The van der Waals surface area contributed by atoms with Gasteiger partial charge in [0.25, 0.3) is 0 Å². The molecule has 0 bridgehead atoms. The minimum absolute atomic E-state index is 0.0227. The maximum Gasteiger partial charge on any atom is 0.245 e. The molecule has 1 aliphatic heterocycles. The molecule has 0 saturated carbocycles. The van der Waals surface area contributed by atoms with Crippen molar-refractivity contribution in [3.05, 3.63) is 36.3 Å². The maximum absolute atomic E-state index is 11.6. The maximum atomic E-state index is 11.6. The Kier molecular flexibility index (Phi) is 5.18. The van der Waals surface area contributed by atoms with Gasteiger partial charge in [-0.15, -0.1) is 0 Å². The summed E-state index contributed by atoms with van der Waals surface area (Å²) in [5, 5.41) is 10.9. The summed E-state index contributed by atoms with van der Waals surface area (Å²) in [7, 11) is 1.84. The van der Waals surface area contributed by atoms with Crippen LogP contribution in [0, 0.1) is 5.92 Å². The summed E-state index contributed by atoms with van der Waals surface area (Å²) < 4.78 is 1.69. The third-order valence-corrected chi connectivity index (χ3v) is 4.31. The van der Waals surface area contributed by atoms with E-state index in [9.17, 15) is 4.79 Å². The van der Waals surface area contributed by atoms with Gasteiger partial charge >= 0.3 is 0 Å². The Balaban J connectivity index is 1.59. The van der Waals surface area contributed by atoms with E-state index in [0.717, 1.165) is 18.7 Å². The molecule has 2 N–H and O–H groups in total. The molecule has 8 nitrogen and oxygen atoms in total. The molecule has 2 aromatic heterocycles. The van der Waals surface area contributed by atoms with Crippen molar-refractivity contribution in [2.24, 2.45) is 13.0 Å². The lowest BCUT2D eigenvalue weighted by Crippen LogP contribution is -2.28. The number of aromatic nitrogens is 4. The Hall–Kier alpha value is -2.61. The summed E-state index contributed by atoms with van der Waals surface area (Å²) in [6.45, 7) is 5.67. The van der Waals surface area contributed by atoms with Crippen LogP contribution >= 0.6 is 11.6 Å². The SMILES string of the molecule is C=CC(=O)N1CC[C@H](CNc2nc(Nc3cnn(C)c3)ncc2Cl)C1. The van der Waals surface area contributed by atoms with Crippen LogP contribution in [0.3, 0.4) is 0 Å². The fourth-order valence-electron chi connectivity index (χ4n) is 2.74. The quantitative estimate of drug-likeness (QED) is 0.766. The van der Waals surface area contributed by atoms with Crippen molar-refractivity contribution in [1.82, 2.24) is 24.6 Å². The van der Waals surface area contributed by atoms with Gasteiger partial charge < -0.3 is 15.5 Å².